The SMILES string of the molecule is O=C(NC1CCc2c(O)cccc21)OCC1c2ccccc2-c2ccccc21. The van der Waals surface area contributed by atoms with Crippen LogP contribution < -0.4 is 5.32 Å². The number of aromatic hydroxyl groups is 1. The molecular formula is C24H21NO3. The van der Waals surface area contributed by atoms with Gasteiger partial charge in [0.1, 0.15) is 12.4 Å². The smallest absolute Gasteiger partial charge is 0.407 e. The lowest BCUT2D eigenvalue weighted by Crippen LogP contribution is -2.29. The third kappa shape index (κ3) is 2.73. The molecule has 5 rings (SSSR count). The average molecular weight is 371 g/mol. The molecule has 28 heavy (non-hydrogen) atoms. The van der Waals surface area contributed by atoms with E-state index in [4.69, 9.17) is 4.74 Å². The van der Waals surface area contributed by atoms with Gasteiger partial charge in [-0.1, -0.05) is 60.7 Å². The number of rotatable bonds is 3. The first-order valence-corrected chi connectivity index (χ1v) is 9.64. The molecule has 2 aliphatic rings. The standard InChI is InChI=1S/C24H21NO3/c26-23-11-5-10-19-20(23)12-13-22(19)25-24(27)28-14-21-17-8-3-1-6-15(17)16-7-2-4-9-18(16)21/h1-11,21-22,26H,12-14H2,(H,25,27). The third-order valence-electron chi connectivity index (χ3n) is 5.88. The van der Waals surface area contributed by atoms with Crippen molar-refractivity contribution >= 4 is 6.09 Å². The van der Waals surface area contributed by atoms with Crippen molar-refractivity contribution in [3.63, 3.8) is 0 Å². The van der Waals surface area contributed by atoms with Crippen LogP contribution >= 0.6 is 0 Å². The van der Waals surface area contributed by atoms with Crippen LogP contribution in [0.1, 0.15) is 40.6 Å². The second-order valence-electron chi connectivity index (χ2n) is 7.41. The van der Waals surface area contributed by atoms with Crippen LogP contribution in [0.4, 0.5) is 4.79 Å². The van der Waals surface area contributed by atoms with E-state index in [-0.39, 0.29) is 12.0 Å². The van der Waals surface area contributed by atoms with E-state index in [0.29, 0.717) is 12.4 Å². The van der Waals surface area contributed by atoms with Crippen molar-refractivity contribution in [2.75, 3.05) is 6.61 Å². The van der Waals surface area contributed by atoms with Gasteiger partial charge in [0, 0.05) is 5.92 Å². The molecule has 0 heterocycles. The fourth-order valence-electron chi connectivity index (χ4n) is 4.57. The van der Waals surface area contributed by atoms with Gasteiger partial charge in [-0.05, 0) is 52.3 Å². The van der Waals surface area contributed by atoms with Crippen LogP contribution in [-0.2, 0) is 11.2 Å². The molecule has 1 atom stereocenters. The number of benzene rings is 3. The predicted molar refractivity (Wildman–Crippen MR) is 107 cm³/mol. The van der Waals surface area contributed by atoms with Crippen LogP contribution in [0.15, 0.2) is 66.7 Å². The van der Waals surface area contributed by atoms with Crippen LogP contribution in [0.3, 0.4) is 0 Å². The number of phenolic OH excluding ortho intramolecular Hbond substituents is 1. The summed E-state index contributed by atoms with van der Waals surface area (Å²) < 4.78 is 5.63. The molecule has 0 aromatic heterocycles. The second-order valence-corrected chi connectivity index (χ2v) is 7.41. The summed E-state index contributed by atoms with van der Waals surface area (Å²) in [6.45, 7) is 0.305. The van der Waals surface area contributed by atoms with Gasteiger partial charge in [0.25, 0.3) is 0 Å². The third-order valence-corrected chi connectivity index (χ3v) is 5.88. The van der Waals surface area contributed by atoms with Crippen LogP contribution in [0, 0.1) is 0 Å². The lowest BCUT2D eigenvalue weighted by Gasteiger charge is -2.17. The minimum Gasteiger partial charge on any atom is -0.508 e. The molecule has 0 aliphatic heterocycles. The largest absolute Gasteiger partial charge is 0.508 e. The van der Waals surface area contributed by atoms with Gasteiger partial charge in [0.2, 0.25) is 0 Å². The predicted octanol–water partition coefficient (Wildman–Crippen LogP) is 4.92. The molecule has 2 aliphatic carbocycles. The Kier molecular flexibility index (Phi) is 4.05. The highest BCUT2D eigenvalue weighted by atomic mass is 16.5. The molecule has 0 bridgehead atoms. The van der Waals surface area contributed by atoms with E-state index in [1.165, 1.54) is 22.3 Å². The number of phenols is 1. The van der Waals surface area contributed by atoms with Crippen LogP contribution in [0.5, 0.6) is 5.75 Å². The Hall–Kier alpha value is -3.27. The van der Waals surface area contributed by atoms with Gasteiger partial charge < -0.3 is 15.2 Å². The summed E-state index contributed by atoms with van der Waals surface area (Å²) in [5.74, 6) is 0.354. The number of alkyl carbamates (subject to hydrolysis) is 1. The highest BCUT2D eigenvalue weighted by Gasteiger charge is 2.30. The minimum absolute atomic E-state index is 0.0538. The normalized spacial score (nSPS) is 16.9. The van der Waals surface area contributed by atoms with E-state index in [1.54, 1.807) is 6.07 Å². The molecule has 1 amide bonds. The van der Waals surface area contributed by atoms with Crippen molar-refractivity contribution in [1.82, 2.24) is 5.32 Å². The van der Waals surface area contributed by atoms with E-state index < -0.39 is 6.09 Å². The molecule has 0 fully saturated rings. The van der Waals surface area contributed by atoms with Crippen molar-refractivity contribution in [3.05, 3.63) is 89.0 Å². The summed E-state index contributed by atoms with van der Waals surface area (Å²) in [7, 11) is 0. The van der Waals surface area contributed by atoms with Gasteiger partial charge in [-0.2, -0.15) is 0 Å². The van der Waals surface area contributed by atoms with Gasteiger partial charge in [0.15, 0.2) is 0 Å². The molecule has 0 spiro atoms. The Labute approximate surface area is 163 Å². The molecule has 140 valence electrons. The molecule has 3 aromatic carbocycles. The number of nitrogens with one attached hydrogen (secondary N) is 1. The van der Waals surface area contributed by atoms with Crippen molar-refractivity contribution in [2.24, 2.45) is 0 Å². The van der Waals surface area contributed by atoms with Gasteiger partial charge in [-0.25, -0.2) is 4.79 Å². The highest BCUT2D eigenvalue weighted by molar-refractivity contribution is 5.79. The van der Waals surface area contributed by atoms with Crippen LogP contribution in [0.25, 0.3) is 11.1 Å². The lowest BCUT2D eigenvalue weighted by molar-refractivity contribution is 0.139. The van der Waals surface area contributed by atoms with Gasteiger partial charge in [-0.3, -0.25) is 0 Å². The number of hydrogen-bond donors (Lipinski definition) is 2. The molecule has 1 unspecified atom stereocenters. The zero-order valence-corrected chi connectivity index (χ0v) is 15.4. The summed E-state index contributed by atoms with van der Waals surface area (Å²) in [6.07, 6.45) is 1.12. The molecule has 4 heteroatoms. The summed E-state index contributed by atoms with van der Waals surface area (Å²) in [5.41, 5.74) is 6.74. The lowest BCUT2D eigenvalue weighted by atomic mass is 9.98. The first-order valence-electron chi connectivity index (χ1n) is 9.64. The van der Waals surface area contributed by atoms with Gasteiger partial charge in [-0.15, -0.1) is 0 Å². The van der Waals surface area contributed by atoms with E-state index >= 15 is 0 Å². The van der Waals surface area contributed by atoms with Crippen molar-refractivity contribution in [2.45, 2.75) is 24.8 Å². The Bertz CT molecular complexity index is 1010. The first-order chi connectivity index (χ1) is 13.7. The Morgan fingerprint density at radius 1 is 0.929 bits per heavy atom. The van der Waals surface area contributed by atoms with Crippen molar-refractivity contribution in [1.29, 1.82) is 0 Å². The summed E-state index contributed by atoms with van der Waals surface area (Å²) >= 11 is 0. The van der Waals surface area contributed by atoms with E-state index in [1.807, 2.05) is 36.4 Å². The summed E-state index contributed by atoms with van der Waals surface area (Å²) in [6, 6.07) is 21.9. The number of carbonyl (C=O) groups is 1. The number of ether oxygens (including phenoxy) is 1. The minimum atomic E-state index is -0.414. The number of hydrogen-bond acceptors (Lipinski definition) is 3. The number of amides is 1. The summed E-state index contributed by atoms with van der Waals surface area (Å²) in [5, 5.41) is 12.9. The fourth-order valence-corrected chi connectivity index (χ4v) is 4.57. The average Bonchev–Trinajstić information content (AvgIpc) is 3.27. The maximum atomic E-state index is 12.5. The zero-order valence-electron chi connectivity index (χ0n) is 15.4. The first kappa shape index (κ1) is 16.9. The van der Waals surface area contributed by atoms with E-state index in [2.05, 4.69) is 29.6 Å². The Morgan fingerprint density at radius 3 is 2.29 bits per heavy atom. The van der Waals surface area contributed by atoms with Crippen molar-refractivity contribution < 1.29 is 14.6 Å². The maximum absolute atomic E-state index is 12.5. The van der Waals surface area contributed by atoms with Crippen LogP contribution in [0.2, 0.25) is 0 Å². The highest BCUT2D eigenvalue weighted by Crippen LogP contribution is 2.44. The molecule has 0 radical (unpaired) electrons. The van der Waals surface area contributed by atoms with Crippen LogP contribution in [-0.4, -0.2) is 17.8 Å². The fraction of sp³-hybridized carbons (Fsp3) is 0.208. The zero-order chi connectivity index (χ0) is 19.1. The molecule has 0 saturated heterocycles. The molecule has 3 aromatic rings. The van der Waals surface area contributed by atoms with Gasteiger partial charge in [0.05, 0.1) is 6.04 Å². The quantitative estimate of drug-likeness (QED) is 0.687. The Balaban J connectivity index is 1.30. The molecule has 4 nitrogen and oxygen atoms in total. The molecule has 2 N–H and O–H groups in total. The Morgan fingerprint density at radius 2 is 1.57 bits per heavy atom. The molecule has 0 saturated carbocycles. The summed E-state index contributed by atoms with van der Waals surface area (Å²) in [4.78, 5) is 12.5. The molecular weight excluding hydrogens is 350 g/mol. The number of fused-ring (bicyclic) bond motifs is 4. The monoisotopic (exact) mass is 371 g/mol. The number of carbonyl (C=O) groups excluding carboxylic acids is 1. The van der Waals surface area contributed by atoms with E-state index in [9.17, 15) is 9.90 Å². The van der Waals surface area contributed by atoms with Crippen molar-refractivity contribution in [3.8, 4) is 16.9 Å². The van der Waals surface area contributed by atoms with E-state index in [0.717, 1.165) is 24.0 Å². The second kappa shape index (κ2) is 6.71. The topological polar surface area (TPSA) is 58.6 Å². The maximum Gasteiger partial charge on any atom is 0.407 e. The van der Waals surface area contributed by atoms with Gasteiger partial charge >= 0.3 is 6.09 Å².